The highest BCUT2D eigenvalue weighted by molar-refractivity contribution is 7.89. The summed E-state index contributed by atoms with van der Waals surface area (Å²) < 4.78 is 32.4. The van der Waals surface area contributed by atoms with Crippen molar-refractivity contribution in [2.24, 2.45) is 5.92 Å². The predicted molar refractivity (Wildman–Crippen MR) is 114 cm³/mol. The molecule has 1 fully saturated rings. The van der Waals surface area contributed by atoms with Crippen LogP contribution in [0.15, 0.2) is 45.9 Å². The highest BCUT2D eigenvalue weighted by Gasteiger charge is 2.22. The van der Waals surface area contributed by atoms with Crippen LogP contribution >= 0.6 is 0 Å². The summed E-state index contributed by atoms with van der Waals surface area (Å²) in [6, 6.07) is 6.93. The van der Waals surface area contributed by atoms with Crippen molar-refractivity contribution in [2.45, 2.75) is 43.5 Å². The van der Waals surface area contributed by atoms with Gasteiger partial charge in [-0.2, -0.15) is 0 Å². The molecule has 0 unspecified atom stereocenters. The molecule has 1 saturated carbocycles. The average Bonchev–Trinajstić information content (AvgIpc) is 3.29. The van der Waals surface area contributed by atoms with Crippen LogP contribution in [0, 0.1) is 16.0 Å². The third kappa shape index (κ3) is 6.53. The number of sulfonamides is 1. The zero-order valence-electron chi connectivity index (χ0n) is 17.0. The number of furan rings is 1. The molecule has 0 saturated heterocycles. The number of rotatable bonds is 10. The van der Waals surface area contributed by atoms with Crippen molar-refractivity contribution in [3.05, 3.63) is 52.5 Å². The fourth-order valence-corrected chi connectivity index (χ4v) is 4.53. The van der Waals surface area contributed by atoms with E-state index >= 15 is 0 Å². The fourth-order valence-electron chi connectivity index (χ4n) is 3.53. The van der Waals surface area contributed by atoms with E-state index in [1.807, 2.05) is 0 Å². The lowest BCUT2D eigenvalue weighted by Gasteiger charge is -2.21. The molecule has 1 aromatic carbocycles. The minimum absolute atomic E-state index is 0.158. The van der Waals surface area contributed by atoms with Gasteiger partial charge >= 0.3 is 0 Å². The van der Waals surface area contributed by atoms with Gasteiger partial charge in [-0.05, 0) is 43.0 Å². The molecule has 1 aliphatic carbocycles. The lowest BCUT2D eigenvalue weighted by Crippen LogP contribution is -2.39. The van der Waals surface area contributed by atoms with E-state index < -0.39 is 33.1 Å². The largest absolute Gasteiger partial charge is 0.467 e. The minimum Gasteiger partial charge on any atom is -0.467 e. The van der Waals surface area contributed by atoms with E-state index in [4.69, 9.17) is 4.42 Å². The predicted octanol–water partition coefficient (Wildman–Crippen LogP) is 2.77. The Bertz CT molecular complexity index is 1000. The number of carbonyl (C=O) groups is 1. The molecule has 1 amide bonds. The van der Waals surface area contributed by atoms with Crippen molar-refractivity contribution in [1.29, 1.82) is 0 Å². The molecule has 10 nitrogen and oxygen atoms in total. The van der Waals surface area contributed by atoms with Gasteiger partial charge in [-0.3, -0.25) is 14.9 Å². The van der Waals surface area contributed by atoms with Gasteiger partial charge < -0.3 is 15.1 Å². The summed E-state index contributed by atoms with van der Waals surface area (Å²) in [7, 11) is -4.09. The fraction of sp³-hybridized carbons (Fsp3) is 0.450. The minimum atomic E-state index is -4.09. The van der Waals surface area contributed by atoms with Crippen LogP contribution in [0.2, 0.25) is 0 Å². The van der Waals surface area contributed by atoms with Crippen molar-refractivity contribution < 1.29 is 22.6 Å². The van der Waals surface area contributed by atoms with Crippen molar-refractivity contribution in [3.63, 3.8) is 0 Å². The Morgan fingerprint density at radius 1 is 1.19 bits per heavy atom. The second-order valence-electron chi connectivity index (χ2n) is 7.50. The molecule has 1 aromatic heterocycles. The first kappa shape index (κ1) is 22.8. The van der Waals surface area contributed by atoms with Crippen LogP contribution < -0.4 is 15.4 Å². The molecule has 2 aromatic rings. The van der Waals surface area contributed by atoms with Gasteiger partial charge in [0.05, 0.1) is 29.2 Å². The van der Waals surface area contributed by atoms with Crippen LogP contribution in [0.5, 0.6) is 0 Å². The molecule has 0 bridgehead atoms. The van der Waals surface area contributed by atoms with Crippen LogP contribution in [0.1, 0.15) is 37.9 Å². The Balaban J connectivity index is 1.59. The topological polar surface area (TPSA) is 144 Å². The van der Waals surface area contributed by atoms with Crippen molar-refractivity contribution in [3.8, 4) is 0 Å². The quantitative estimate of drug-likeness (QED) is 0.373. The summed E-state index contributed by atoms with van der Waals surface area (Å²) in [5.41, 5.74) is -0.234. The van der Waals surface area contributed by atoms with Gasteiger partial charge in [0.2, 0.25) is 15.9 Å². The van der Waals surface area contributed by atoms with E-state index in [0.717, 1.165) is 31.7 Å². The van der Waals surface area contributed by atoms with E-state index in [1.165, 1.54) is 24.8 Å². The van der Waals surface area contributed by atoms with Gasteiger partial charge in [-0.25, -0.2) is 13.1 Å². The van der Waals surface area contributed by atoms with Crippen LogP contribution in [0.3, 0.4) is 0 Å². The zero-order valence-corrected chi connectivity index (χ0v) is 17.8. The van der Waals surface area contributed by atoms with E-state index in [9.17, 15) is 23.3 Å². The maximum Gasteiger partial charge on any atom is 0.293 e. The normalized spacial score (nSPS) is 14.8. The Morgan fingerprint density at radius 3 is 2.65 bits per heavy atom. The molecule has 11 heteroatoms. The summed E-state index contributed by atoms with van der Waals surface area (Å²) in [5.74, 6) is 0.575. The SMILES string of the molecule is O=C(CNS(=O)(=O)c1ccc(NCc2ccco2)c([N+](=O)[O-])c1)NCC1CCCCC1. The standard InChI is InChI=1S/C20H26N4O6S/c25-20(22-12-15-5-2-1-3-6-15)14-23-31(28,29)17-8-9-18(19(11-17)24(26)27)21-13-16-7-4-10-30-16/h4,7-11,15,21,23H,1-3,5-6,12-14H2,(H,22,25). The average molecular weight is 451 g/mol. The van der Waals surface area contributed by atoms with Crippen molar-refractivity contribution in [2.75, 3.05) is 18.4 Å². The molecule has 168 valence electrons. The maximum atomic E-state index is 12.5. The van der Waals surface area contributed by atoms with E-state index in [1.54, 1.807) is 12.1 Å². The molecular formula is C20H26N4O6S. The number of hydrogen-bond donors (Lipinski definition) is 3. The van der Waals surface area contributed by atoms with Crippen molar-refractivity contribution in [1.82, 2.24) is 10.0 Å². The molecule has 0 radical (unpaired) electrons. The first-order chi connectivity index (χ1) is 14.8. The lowest BCUT2D eigenvalue weighted by atomic mass is 9.89. The number of amides is 1. The van der Waals surface area contributed by atoms with Crippen LogP contribution in [-0.2, 0) is 21.4 Å². The number of nitro groups is 1. The summed E-state index contributed by atoms with van der Waals surface area (Å²) in [4.78, 5) is 22.5. The third-order valence-corrected chi connectivity index (χ3v) is 6.64. The third-order valence-electron chi connectivity index (χ3n) is 5.24. The maximum absolute atomic E-state index is 12.5. The molecule has 0 spiro atoms. The first-order valence-corrected chi connectivity index (χ1v) is 11.6. The van der Waals surface area contributed by atoms with Crippen LogP contribution in [0.4, 0.5) is 11.4 Å². The highest BCUT2D eigenvalue weighted by Crippen LogP contribution is 2.28. The molecule has 1 heterocycles. The van der Waals surface area contributed by atoms with E-state index in [0.29, 0.717) is 18.2 Å². The monoisotopic (exact) mass is 450 g/mol. The number of nitrogens with one attached hydrogen (secondary N) is 3. The van der Waals surface area contributed by atoms with Gasteiger partial charge in [0.25, 0.3) is 5.69 Å². The highest BCUT2D eigenvalue weighted by atomic mass is 32.2. The molecule has 3 rings (SSSR count). The van der Waals surface area contributed by atoms with Gasteiger partial charge in [-0.15, -0.1) is 0 Å². The smallest absolute Gasteiger partial charge is 0.293 e. The summed E-state index contributed by atoms with van der Waals surface area (Å²) in [6.07, 6.45) is 7.13. The summed E-state index contributed by atoms with van der Waals surface area (Å²) in [6.45, 7) is 0.308. The summed E-state index contributed by atoms with van der Waals surface area (Å²) >= 11 is 0. The zero-order chi connectivity index (χ0) is 22.3. The molecule has 0 atom stereocenters. The van der Waals surface area contributed by atoms with Gasteiger partial charge in [-0.1, -0.05) is 19.3 Å². The second-order valence-corrected chi connectivity index (χ2v) is 9.27. The van der Waals surface area contributed by atoms with E-state index in [-0.39, 0.29) is 17.1 Å². The second kappa shape index (κ2) is 10.4. The molecule has 0 aliphatic heterocycles. The van der Waals surface area contributed by atoms with Gasteiger partial charge in [0.15, 0.2) is 0 Å². The molecular weight excluding hydrogens is 424 g/mol. The molecule has 1 aliphatic rings. The number of carbonyl (C=O) groups excluding carboxylic acids is 1. The number of nitro benzene ring substituents is 1. The van der Waals surface area contributed by atoms with Crippen molar-refractivity contribution >= 4 is 27.3 Å². The Labute approximate surface area is 180 Å². The van der Waals surface area contributed by atoms with Crippen LogP contribution in [-0.4, -0.2) is 32.3 Å². The number of hydrogen-bond acceptors (Lipinski definition) is 7. The summed E-state index contributed by atoms with van der Waals surface area (Å²) in [5, 5.41) is 17.0. The Hall–Kier alpha value is -2.92. The van der Waals surface area contributed by atoms with Crippen LogP contribution in [0.25, 0.3) is 0 Å². The molecule has 3 N–H and O–H groups in total. The number of anilines is 1. The number of nitrogens with zero attached hydrogens (tertiary/aromatic N) is 1. The first-order valence-electron chi connectivity index (χ1n) is 10.2. The Kier molecular flexibility index (Phi) is 7.64. The molecule has 31 heavy (non-hydrogen) atoms. The van der Waals surface area contributed by atoms with E-state index in [2.05, 4.69) is 15.4 Å². The Morgan fingerprint density at radius 2 is 1.97 bits per heavy atom. The number of benzene rings is 1. The lowest BCUT2D eigenvalue weighted by molar-refractivity contribution is -0.384. The van der Waals surface area contributed by atoms with Gasteiger partial charge in [0.1, 0.15) is 11.4 Å². The van der Waals surface area contributed by atoms with Gasteiger partial charge in [0, 0.05) is 12.6 Å².